The van der Waals surface area contributed by atoms with Crippen molar-refractivity contribution in [2.45, 2.75) is 19.0 Å². The first-order chi connectivity index (χ1) is 14.5. The highest BCUT2D eigenvalue weighted by molar-refractivity contribution is 7.57. The van der Waals surface area contributed by atoms with Crippen molar-refractivity contribution in [2.75, 3.05) is 14.2 Å². The first kappa shape index (κ1) is 20.9. The van der Waals surface area contributed by atoms with Crippen LogP contribution < -0.4 is 0 Å². The van der Waals surface area contributed by atoms with E-state index >= 15 is 0 Å². The molecule has 2 aromatic carbocycles. The Morgan fingerprint density at radius 2 is 1.60 bits per heavy atom. The summed E-state index contributed by atoms with van der Waals surface area (Å²) in [6, 6.07) is 20.0. The fourth-order valence-electron chi connectivity index (χ4n) is 3.78. The third-order valence-electron chi connectivity index (χ3n) is 5.24. The molecule has 1 unspecified atom stereocenters. The minimum atomic E-state index is -3.67. The summed E-state index contributed by atoms with van der Waals surface area (Å²) in [4.78, 5) is 19.3. The molecule has 7 heteroatoms. The van der Waals surface area contributed by atoms with Crippen LogP contribution in [0.25, 0.3) is 10.4 Å². The summed E-state index contributed by atoms with van der Waals surface area (Å²) in [7, 11) is -1.07. The summed E-state index contributed by atoms with van der Waals surface area (Å²) >= 11 is 1.49. The number of carbonyl (C=O) groups is 1. The van der Waals surface area contributed by atoms with Crippen LogP contribution >= 0.6 is 18.9 Å². The molecular formula is C23H22NO4PS. The second-order valence-electron chi connectivity index (χ2n) is 7.04. The minimum Gasteiger partial charge on any atom is -0.311 e. The first-order valence-corrected chi connectivity index (χ1v) is 12.0. The van der Waals surface area contributed by atoms with E-state index in [-0.39, 0.29) is 5.78 Å². The van der Waals surface area contributed by atoms with Crippen LogP contribution in [0, 0.1) is 0 Å². The van der Waals surface area contributed by atoms with Gasteiger partial charge < -0.3 is 9.05 Å². The van der Waals surface area contributed by atoms with Crippen LogP contribution in [0.1, 0.15) is 28.4 Å². The van der Waals surface area contributed by atoms with Crippen molar-refractivity contribution in [1.82, 2.24) is 0 Å². The fraction of sp³-hybridized carbons (Fsp3) is 0.217. The van der Waals surface area contributed by atoms with Gasteiger partial charge in [-0.1, -0.05) is 60.7 Å². The summed E-state index contributed by atoms with van der Waals surface area (Å²) in [5, 5.41) is 0.650. The smallest absolute Gasteiger partial charge is 0.311 e. The number of Topliss-reactive ketones (excluding diaryl/α,β-unsaturated/α-hetero) is 1. The highest BCUT2D eigenvalue weighted by atomic mass is 32.1. The van der Waals surface area contributed by atoms with Crippen molar-refractivity contribution in [3.8, 4) is 10.4 Å². The predicted molar refractivity (Wildman–Crippen MR) is 122 cm³/mol. The Labute approximate surface area is 179 Å². The predicted octanol–water partition coefficient (Wildman–Crippen LogP) is 6.15. The largest absolute Gasteiger partial charge is 0.346 e. The number of carbonyl (C=O) groups excluding carboxylic acids is 1. The lowest BCUT2D eigenvalue weighted by Crippen LogP contribution is -2.32. The van der Waals surface area contributed by atoms with Gasteiger partial charge in [0.1, 0.15) is 5.00 Å². The van der Waals surface area contributed by atoms with Gasteiger partial charge in [-0.15, -0.1) is 11.3 Å². The van der Waals surface area contributed by atoms with Crippen molar-refractivity contribution in [1.29, 1.82) is 0 Å². The van der Waals surface area contributed by atoms with Gasteiger partial charge in [-0.3, -0.25) is 9.36 Å². The van der Waals surface area contributed by atoms with E-state index in [1.165, 1.54) is 25.6 Å². The summed E-state index contributed by atoms with van der Waals surface area (Å²) in [6.45, 7) is 1.70. The molecule has 1 aromatic heterocycles. The maximum Gasteiger partial charge on any atom is 0.346 e. The number of hydrogen-bond donors (Lipinski definition) is 0. The van der Waals surface area contributed by atoms with E-state index in [1.54, 1.807) is 6.92 Å². The van der Waals surface area contributed by atoms with Gasteiger partial charge in [0.05, 0.1) is 5.56 Å². The van der Waals surface area contributed by atoms with E-state index in [4.69, 9.17) is 9.05 Å². The summed E-state index contributed by atoms with van der Waals surface area (Å²) in [5.41, 5.74) is 2.96. The molecule has 0 N–H and O–H groups in total. The van der Waals surface area contributed by atoms with E-state index in [0.29, 0.717) is 22.7 Å². The quantitative estimate of drug-likeness (QED) is 0.432. The number of nitrogens with zero attached hydrogens (tertiary/aromatic N) is 1. The summed E-state index contributed by atoms with van der Waals surface area (Å²) < 4.78 is 23.5. The molecule has 0 bridgehead atoms. The molecule has 154 valence electrons. The number of aliphatic imine (C=N–C) groups is 1. The summed E-state index contributed by atoms with van der Waals surface area (Å²) in [6.07, 6.45) is 0.578. The second kappa shape index (κ2) is 8.40. The fourth-order valence-corrected chi connectivity index (χ4v) is 6.54. The van der Waals surface area contributed by atoms with Crippen LogP contribution in [0.15, 0.2) is 65.7 Å². The molecule has 1 atom stereocenters. The third kappa shape index (κ3) is 3.61. The summed E-state index contributed by atoms with van der Waals surface area (Å²) in [5.74, 6) is -0.256. The first-order valence-electron chi connectivity index (χ1n) is 9.54. The van der Waals surface area contributed by atoms with Crippen LogP contribution in [0.4, 0.5) is 5.00 Å². The van der Waals surface area contributed by atoms with Gasteiger partial charge in [-0.05, 0) is 30.0 Å². The maximum absolute atomic E-state index is 13.6. The van der Waals surface area contributed by atoms with Crippen molar-refractivity contribution in [2.24, 2.45) is 4.99 Å². The highest BCUT2D eigenvalue weighted by Crippen LogP contribution is 2.57. The zero-order valence-corrected chi connectivity index (χ0v) is 18.7. The topological polar surface area (TPSA) is 65.0 Å². The van der Waals surface area contributed by atoms with Crippen molar-refractivity contribution >= 4 is 35.4 Å². The number of hydrogen-bond acceptors (Lipinski definition) is 6. The van der Waals surface area contributed by atoms with E-state index < -0.39 is 13.3 Å². The molecule has 1 aliphatic rings. The van der Waals surface area contributed by atoms with Crippen LogP contribution in [0.2, 0.25) is 0 Å². The molecule has 1 aliphatic heterocycles. The number of fused-ring (bicyclic) bond motifs is 1. The standard InChI is InChI=1S/C23H22NO4PS/c1-15-21(29(26,27-2)28-3)20(25)19-18(14-16-10-6-4-7-11-16)22(30-23(19)24-15)17-12-8-5-9-13-17/h4-13,21H,14H2,1-3H3. The zero-order valence-electron chi connectivity index (χ0n) is 17.0. The second-order valence-corrected chi connectivity index (χ2v) is 10.4. The molecule has 5 nitrogen and oxygen atoms in total. The van der Waals surface area contributed by atoms with Crippen molar-refractivity contribution in [3.63, 3.8) is 0 Å². The lowest BCUT2D eigenvalue weighted by molar-refractivity contribution is 0.0991. The van der Waals surface area contributed by atoms with E-state index in [2.05, 4.69) is 4.99 Å². The van der Waals surface area contributed by atoms with Crippen LogP contribution in [-0.2, 0) is 20.0 Å². The molecule has 0 saturated carbocycles. The van der Waals surface area contributed by atoms with Crippen LogP contribution in [-0.4, -0.2) is 31.4 Å². The molecule has 30 heavy (non-hydrogen) atoms. The van der Waals surface area contributed by atoms with E-state index in [1.807, 2.05) is 60.7 Å². The molecular weight excluding hydrogens is 417 g/mol. The molecule has 2 heterocycles. The zero-order chi connectivity index (χ0) is 21.3. The van der Waals surface area contributed by atoms with E-state index in [0.717, 1.165) is 21.6 Å². The molecule has 3 aromatic rings. The van der Waals surface area contributed by atoms with Crippen LogP contribution in [0.3, 0.4) is 0 Å². The number of benzene rings is 2. The third-order valence-corrected chi connectivity index (χ3v) is 8.68. The van der Waals surface area contributed by atoms with Gasteiger partial charge in [0.2, 0.25) is 0 Å². The SMILES string of the molecule is COP(=O)(OC)C1C(=O)c2c(sc(-c3ccccc3)c2Cc2ccccc2)N=C1C. The normalized spacial score (nSPS) is 16.3. The molecule has 0 radical (unpaired) electrons. The molecule has 0 amide bonds. The number of thiophene rings is 1. The van der Waals surface area contributed by atoms with E-state index in [9.17, 15) is 9.36 Å². The maximum atomic E-state index is 13.6. The average molecular weight is 439 g/mol. The Kier molecular flexibility index (Phi) is 5.85. The average Bonchev–Trinajstić information content (AvgIpc) is 3.13. The van der Waals surface area contributed by atoms with Gasteiger partial charge in [0, 0.05) is 24.8 Å². The molecule has 4 rings (SSSR count). The van der Waals surface area contributed by atoms with Gasteiger partial charge in [0.15, 0.2) is 11.4 Å². The van der Waals surface area contributed by atoms with Crippen molar-refractivity contribution in [3.05, 3.63) is 77.4 Å². The molecule has 0 aliphatic carbocycles. The Bertz CT molecular complexity index is 1150. The minimum absolute atomic E-state index is 0.256. The highest BCUT2D eigenvalue weighted by Gasteiger charge is 2.46. The van der Waals surface area contributed by atoms with Crippen LogP contribution in [0.5, 0.6) is 0 Å². The molecule has 0 saturated heterocycles. The monoisotopic (exact) mass is 439 g/mol. The van der Waals surface area contributed by atoms with Gasteiger partial charge >= 0.3 is 7.60 Å². The number of ketones is 1. The molecule has 0 spiro atoms. The van der Waals surface area contributed by atoms with Gasteiger partial charge in [-0.2, -0.15) is 0 Å². The lowest BCUT2D eigenvalue weighted by atomic mass is 9.93. The van der Waals surface area contributed by atoms with Gasteiger partial charge in [0.25, 0.3) is 0 Å². The Balaban J connectivity index is 1.92. The molecule has 0 fully saturated rings. The Hall–Kier alpha value is -2.37. The van der Waals surface area contributed by atoms with Gasteiger partial charge in [-0.25, -0.2) is 4.99 Å². The van der Waals surface area contributed by atoms with Crippen molar-refractivity contribution < 1.29 is 18.4 Å². The Morgan fingerprint density at radius 1 is 1.00 bits per heavy atom. The lowest BCUT2D eigenvalue weighted by Gasteiger charge is -2.26. The number of rotatable bonds is 6. The Morgan fingerprint density at radius 3 is 2.20 bits per heavy atom.